The van der Waals surface area contributed by atoms with Gasteiger partial charge < -0.3 is 9.64 Å². The summed E-state index contributed by atoms with van der Waals surface area (Å²) in [7, 11) is 1.39. The third-order valence-corrected chi connectivity index (χ3v) is 4.15. The summed E-state index contributed by atoms with van der Waals surface area (Å²) in [4.78, 5) is 26.2. The average molecular weight is 289 g/mol. The van der Waals surface area contributed by atoms with Crippen molar-refractivity contribution < 1.29 is 14.3 Å². The molecule has 0 saturated carbocycles. The van der Waals surface area contributed by atoms with Gasteiger partial charge in [-0.1, -0.05) is 25.1 Å². The van der Waals surface area contributed by atoms with Crippen molar-refractivity contribution in [1.82, 2.24) is 4.90 Å². The molecule has 0 N–H and O–H groups in total. The molecule has 1 saturated heterocycles. The van der Waals surface area contributed by atoms with E-state index in [0.29, 0.717) is 0 Å². The van der Waals surface area contributed by atoms with E-state index in [2.05, 4.69) is 0 Å². The molecule has 1 heterocycles. The molecule has 1 fully saturated rings. The van der Waals surface area contributed by atoms with Crippen LogP contribution in [0, 0.1) is 0 Å². The van der Waals surface area contributed by atoms with Crippen LogP contribution in [-0.4, -0.2) is 36.5 Å². The molecule has 21 heavy (non-hydrogen) atoms. The standard InChI is InChI=1S/C17H23NO3/c1-3-13-8-4-5-10-15(13)17(20)18-11-7-6-9-14(18)12-16(19)21-2/h4-5,8,10,14H,3,6-7,9,11-12H2,1-2H3. The van der Waals surface area contributed by atoms with Crippen LogP contribution in [0.15, 0.2) is 24.3 Å². The predicted octanol–water partition coefficient (Wildman–Crippen LogP) is 2.81. The van der Waals surface area contributed by atoms with Crippen molar-refractivity contribution in [3.63, 3.8) is 0 Å². The van der Waals surface area contributed by atoms with Crippen molar-refractivity contribution in [3.8, 4) is 0 Å². The fourth-order valence-electron chi connectivity index (χ4n) is 2.95. The third-order valence-electron chi connectivity index (χ3n) is 4.15. The Hall–Kier alpha value is -1.84. The first kappa shape index (κ1) is 15.5. The smallest absolute Gasteiger partial charge is 0.307 e. The number of aryl methyl sites for hydroxylation is 1. The first-order chi connectivity index (χ1) is 10.2. The van der Waals surface area contributed by atoms with E-state index in [1.807, 2.05) is 36.1 Å². The molecule has 0 aliphatic carbocycles. The van der Waals surface area contributed by atoms with Crippen LogP contribution in [0.5, 0.6) is 0 Å². The van der Waals surface area contributed by atoms with Gasteiger partial charge in [0.15, 0.2) is 0 Å². The highest BCUT2D eigenvalue weighted by atomic mass is 16.5. The summed E-state index contributed by atoms with van der Waals surface area (Å²) in [6, 6.07) is 7.68. The van der Waals surface area contributed by atoms with E-state index in [1.165, 1.54) is 7.11 Å². The van der Waals surface area contributed by atoms with Gasteiger partial charge in [0.1, 0.15) is 0 Å². The van der Waals surface area contributed by atoms with Crippen LogP contribution in [0.25, 0.3) is 0 Å². The average Bonchev–Trinajstić information content (AvgIpc) is 2.54. The van der Waals surface area contributed by atoms with Crippen molar-refractivity contribution in [1.29, 1.82) is 0 Å². The van der Waals surface area contributed by atoms with E-state index >= 15 is 0 Å². The van der Waals surface area contributed by atoms with Crippen LogP contribution in [0.4, 0.5) is 0 Å². The molecule has 0 radical (unpaired) electrons. The number of carbonyl (C=O) groups is 2. The molecule has 0 spiro atoms. The fraction of sp³-hybridized carbons (Fsp3) is 0.529. The van der Waals surface area contributed by atoms with E-state index in [1.54, 1.807) is 0 Å². The molecular weight excluding hydrogens is 266 g/mol. The lowest BCUT2D eigenvalue weighted by molar-refractivity contribution is -0.142. The molecule has 1 aliphatic heterocycles. The molecule has 4 heteroatoms. The number of carbonyl (C=O) groups excluding carboxylic acids is 2. The Balaban J connectivity index is 2.20. The minimum atomic E-state index is -0.247. The molecular formula is C17H23NO3. The summed E-state index contributed by atoms with van der Waals surface area (Å²) in [5.41, 5.74) is 1.82. The highest BCUT2D eigenvalue weighted by Crippen LogP contribution is 2.23. The minimum Gasteiger partial charge on any atom is -0.469 e. The van der Waals surface area contributed by atoms with Crippen molar-refractivity contribution in [3.05, 3.63) is 35.4 Å². The Morgan fingerprint density at radius 1 is 1.29 bits per heavy atom. The Morgan fingerprint density at radius 3 is 2.76 bits per heavy atom. The highest BCUT2D eigenvalue weighted by molar-refractivity contribution is 5.96. The number of rotatable bonds is 4. The van der Waals surface area contributed by atoms with Gasteiger partial charge >= 0.3 is 5.97 Å². The minimum absolute atomic E-state index is 0.0383. The zero-order valence-corrected chi connectivity index (χ0v) is 12.8. The SMILES string of the molecule is CCc1ccccc1C(=O)N1CCCCC1CC(=O)OC. The van der Waals surface area contributed by atoms with Crippen LogP contribution >= 0.6 is 0 Å². The van der Waals surface area contributed by atoms with Gasteiger partial charge in [0.2, 0.25) is 0 Å². The molecule has 1 aromatic rings. The van der Waals surface area contributed by atoms with Gasteiger partial charge in [-0.2, -0.15) is 0 Å². The molecule has 1 atom stereocenters. The van der Waals surface area contributed by atoms with Gasteiger partial charge in [-0.05, 0) is 37.3 Å². The summed E-state index contributed by atoms with van der Waals surface area (Å²) >= 11 is 0. The highest BCUT2D eigenvalue weighted by Gasteiger charge is 2.30. The van der Waals surface area contributed by atoms with E-state index in [4.69, 9.17) is 4.74 Å². The van der Waals surface area contributed by atoms with Gasteiger partial charge in [-0.25, -0.2) is 0 Å². The molecule has 1 unspecified atom stereocenters. The lowest BCUT2D eigenvalue weighted by Gasteiger charge is -2.35. The van der Waals surface area contributed by atoms with E-state index in [-0.39, 0.29) is 24.3 Å². The number of amides is 1. The van der Waals surface area contributed by atoms with Crippen molar-refractivity contribution in [2.45, 2.75) is 45.1 Å². The molecule has 0 aromatic heterocycles. The van der Waals surface area contributed by atoms with Crippen LogP contribution in [0.3, 0.4) is 0 Å². The number of methoxy groups -OCH3 is 1. The molecule has 4 nitrogen and oxygen atoms in total. The van der Waals surface area contributed by atoms with E-state index in [9.17, 15) is 9.59 Å². The second kappa shape index (κ2) is 7.25. The largest absolute Gasteiger partial charge is 0.469 e. The number of piperidine rings is 1. The number of ether oxygens (including phenoxy) is 1. The van der Waals surface area contributed by atoms with E-state index in [0.717, 1.165) is 43.4 Å². The lowest BCUT2D eigenvalue weighted by atomic mass is 9.96. The maximum atomic E-state index is 12.8. The summed E-state index contributed by atoms with van der Waals surface area (Å²) in [5.74, 6) is -0.204. The molecule has 0 bridgehead atoms. The Bertz CT molecular complexity index is 513. The molecule has 1 amide bonds. The first-order valence-corrected chi connectivity index (χ1v) is 7.63. The number of likely N-dealkylation sites (tertiary alicyclic amines) is 1. The molecule has 2 rings (SSSR count). The Morgan fingerprint density at radius 2 is 2.05 bits per heavy atom. The van der Waals surface area contributed by atoms with Gasteiger partial charge in [0, 0.05) is 18.2 Å². The summed E-state index contributed by atoms with van der Waals surface area (Å²) in [5, 5.41) is 0. The second-order valence-corrected chi connectivity index (χ2v) is 5.44. The molecule has 1 aliphatic rings. The van der Waals surface area contributed by atoms with Gasteiger partial charge in [0.25, 0.3) is 5.91 Å². The van der Waals surface area contributed by atoms with E-state index < -0.39 is 0 Å². The van der Waals surface area contributed by atoms with Crippen LogP contribution in [0.1, 0.15) is 48.5 Å². The van der Waals surface area contributed by atoms with Crippen LogP contribution in [0.2, 0.25) is 0 Å². The monoisotopic (exact) mass is 289 g/mol. The Labute approximate surface area is 126 Å². The second-order valence-electron chi connectivity index (χ2n) is 5.44. The third kappa shape index (κ3) is 3.63. The van der Waals surface area contributed by atoms with Gasteiger partial charge in [0.05, 0.1) is 13.5 Å². The van der Waals surface area contributed by atoms with Crippen LogP contribution in [-0.2, 0) is 16.0 Å². The number of hydrogen-bond donors (Lipinski definition) is 0. The first-order valence-electron chi connectivity index (χ1n) is 7.63. The van der Waals surface area contributed by atoms with Gasteiger partial charge in [-0.15, -0.1) is 0 Å². The topological polar surface area (TPSA) is 46.6 Å². The summed E-state index contributed by atoms with van der Waals surface area (Å²) < 4.78 is 4.75. The zero-order chi connectivity index (χ0) is 15.2. The summed E-state index contributed by atoms with van der Waals surface area (Å²) in [6.45, 7) is 2.77. The van der Waals surface area contributed by atoms with Crippen LogP contribution < -0.4 is 0 Å². The van der Waals surface area contributed by atoms with Gasteiger partial charge in [-0.3, -0.25) is 9.59 Å². The maximum Gasteiger partial charge on any atom is 0.307 e. The van der Waals surface area contributed by atoms with Crippen molar-refractivity contribution in [2.75, 3.05) is 13.7 Å². The zero-order valence-electron chi connectivity index (χ0n) is 12.8. The number of benzene rings is 1. The van der Waals surface area contributed by atoms with Crippen molar-refractivity contribution >= 4 is 11.9 Å². The number of hydrogen-bond acceptors (Lipinski definition) is 3. The molecule has 1 aromatic carbocycles. The number of nitrogens with zero attached hydrogens (tertiary/aromatic N) is 1. The quantitative estimate of drug-likeness (QED) is 0.801. The van der Waals surface area contributed by atoms with Crippen molar-refractivity contribution in [2.24, 2.45) is 0 Å². The summed E-state index contributed by atoms with van der Waals surface area (Å²) in [6.07, 6.45) is 4.04. The predicted molar refractivity (Wildman–Crippen MR) is 81.1 cm³/mol. The normalized spacial score (nSPS) is 18.4. The lowest BCUT2D eigenvalue weighted by Crippen LogP contribution is -2.45. The molecule has 114 valence electrons. The number of esters is 1. The Kier molecular flexibility index (Phi) is 5.37. The maximum absolute atomic E-state index is 12.8. The fourth-order valence-corrected chi connectivity index (χ4v) is 2.95.